The summed E-state index contributed by atoms with van der Waals surface area (Å²) in [6, 6.07) is 13.2. The average Bonchev–Trinajstić information content (AvgIpc) is 2.74. The molecule has 1 unspecified atom stereocenters. The van der Waals surface area contributed by atoms with Crippen molar-refractivity contribution in [1.29, 1.82) is 0 Å². The fraction of sp³-hybridized carbons (Fsp3) is 0.294. The zero-order valence-electron chi connectivity index (χ0n) is 12.0. The molecule has 1 atom stereocenters. The number of hydrogen-bond acceptors (Lipinski definition) is 4. The zero-order valence-corrected chi connectivity index (χ0v) is 12.0. The number of rotatable bonds is 3. The SMILES string of the molecule is CC(Nc1ccc(O)cc1)c1ccc2c(c1)OCCCO2. The number of hydrogen-bond donors (Lipinski definition) is 2. The van der Waals surface area contributed by atoms with E-state index >= 15 is 0 Å². The van der Waals surface area contributed by atoms with E-state index in [-0.39, 0.29) is 11.8 Å². The Balaban J connectivity index is 1.76. The Morgan fingerprint density at radius 3 is 2.48 bits per heavy atom. The fourth-order valence-electron chi connectivity index (χ4n) is 2.34. The highest BCUT2D eigenvalue weighted by atomic mass is 16.5. The first-order valence-corrected chi connectivity index (χ1v) is 7.17. The largest absolute Gasteiger partial charge is 0.508 e. The Morgan fingerprint density at radius 2 is 1.71 bits per heavy atom. The molecule has 0 bridgehead atoms. The van der Waals surface area contributed by atoms with E-state index in [0.29, 0.717) is 13.2 Å². The van der Waals surface area contributed by atoms with Crippen LogP contribution in [0.25, 0.3) is 0 Å². The summed E-state index contributed by atoms with van der Waals surface area (Å²) >= 11 is 0. The van der Waals surface area contributed by atoms with Gasteiger partial charge < -0.3 is 19.9 Å². The standard InChI is InChI=1S/C17H19NO3/c1-12(18-14-4-6-15(19)7-5-14)13-3-8-16-17(11-13)21-10-2-9-20-16/h3-8,11-12,18-19H,2,9-10H2,1H3. The van der Waals surface area contributed by atoms with E-state index in [4.69, 9.17) is 9.47 Å². The van der Waals surface area contributed by atoms with Crippen LogP contribution in [0.4, 0.5) is 5.69 Å². The lowest BCUT2D eigenvalue weighted by molar-refractivity contribution is 0.297. The molecule has 0 spiro atoms. The molecule has 1 heterocycles. The predicted molar refractivity (Wildman–Crippen MR) is 82.2 cm³/mol. The van der Waals surface area contributed by atoms with Gasteiger partial charge in [0, 0.05) is 18.2 Å². The summed E-state index contributed by atoms with van der Waals surface area (Å²) in [5.74, 6) is 1.89. The average molecular weight is 285 g/mol. The normalized spacial score (nSPS) is 15.1. The summed E-state index contributed by atoms with van der Waals surface area (Å²) in [5, 5.41) is 12.7. The maximum Gasteiger partial charge on any atom is 0.161 e. The first-order chi connectivity index (χ1) is 10.2. The van der Waals surface area contributed by atoms with Gasteiger partial charge in [0.05, 0.1) is 13.2 Å². The Morgan fingerprint density at radius 1 is 1.00 bits per heavy atom. The van der Waals surface area contributed by atoms with Crippen LogP contribution in [0.2, 0.25) is 0 Å². The van der Waals surface area contributed by atoms with Crippen LogP contribution in [-0.2, 0) is 0 Å². The van der Waals surface area contributed by atoms with Crippen molar-refractivity contribution in [2.45, 2.75) is 19.4 Å². The molecular formula is C17H19NO3. The quantitative estimate of drug-likeness (QED) is 0.844. The van der Waals surface area contributed by atoms with Gasteiger partial charge in [0.15, 0.2) is 11.5 Å². The van der Waals surface area contributed by atoms with Crippen molar-refractivity contribution >= 4 is 5.69 Å². The van der Waals surface area contributed by atoms with Gasteiger partial charge in [-0.25, -0.2) is 0 Å². The van der Waals surface area contributed by atoms with Crippen LogP contribution in [0.15, 0.2) is 42.5 Å². The van der Waals surface area contributed by atoms with Crippen LogP contribution in [0, 0.1) is 0 Å². The first kappa shape index (κ1) is 13.6. The third-order valence-corrected chi connectivity index (χ3v) is 3.52. The lowest BCUT2D eigenvalue weighted by Crippen LogP contribution is -2.06. The molecule has 2 N–H and O–H groups in total. The molecule has 0 fully saturated rings. The van der Waals surface area contributed by atoms with Crippen molar-refractivity contribution < 1.29 is 14.6 Å². The van der Waals surface area contributed by atoms with Crippen molar-refractivity contribution in [3.63, 3.8) is 0 Å². The van der Waals surface area contributed by atoms with Crippen LogP contribution >= 0.6 is 0 Å². The van der Waals surface area contributed by atoms with Gasteiger partial charge in [-0.15, -0.1) is 0 Å². The lowest BCUT2D eigenvalue weighted by Gasteiger charge is -2.17. The summed E-state index contributed by atoms with van der Waals surface area (Å²) in [5.41, 5.74) is 2.10. The number of phenolic OH excluding ortho intramolecular Hbond substituents is 1. The minimum atomic E-state index is 0.131. The number of aromatic hydroxyl groups is 1. The van der Waals surface area contributed by atoms with Crippen LogP contribution in [0.3, 0.4) is 0 Å². The summed E-state index contributed by atoms with van der Waals surface area (Å²) in [4.78, 5) is 0. The van der Waals surface area contributed by atoms with Gasteiger partial charge in [-0.1, -0.05) is 6.07 Å². The van der Waals surface area contributed by atoms with E-state index in [1.54, 1.807) is 12.1 Å². The molecule has 2 aromatic carbocycles. The molecule has 4 heteroatoms. The minimum absolute atomic E-state index is 0.131. The molecule has 0 aromatic heterocycles. The summed E-state index contributed by atoms with van der Waals surface area (Å²) in [6.45, 7) is 3.48. The highest BCUT2D eigenvalue weighted by Crippen LogP contribution is 2.33. The van der Waals surface area contributed by atoms with Gasteiger partial charge in [-0.05, 0) is 48.9 Å². The zero-order chi connectivity index (χ0) is 14.7. The van der Waals surface area contributed by atoms with Gasteiger partial charge in [0.1, 0.15) is 5.75 Å². The van der Waals surface area contributed by atoms with Gasteiger partial charge >= 0.3 is 0 Å². The van der Waals surface area contributed by atoms with Gasteiger partial charge in [-0.3, -0.25) is 0 Å². The van der Waals surface area contributed by atoms with Crippen molar-refractivity contribution in [1.82, 2.24) is 0 Å². The van der Waals surface area contributed by atoms with Crippen LogP contribution < -0.4 is 14.8 Å². The minimum Gasteiger partial charge on any atom is -0.508 e. The van der Waals surface area contributed by atoms with Crippen LogP contribution in [-0.4, -0.2) is 18.3 Å². The Kier molecular flexibility index (Phi) is 3.86. The Labute approximate surface area is 124 Å². The maximum absolute atomic E-state index is 9.31. The highest BCUT2D eigenvalue weighted by molar-refractivity contribution is 5.50. The number of fused-ring (bicyclic) bond motifs is 1. The third kappa shape index (κ3) is 3.21. The molecular weight excluding hydrogens is 266 g/mol. The van der Waals surface area contributed by atoms with Crippen molar-refractivity contribution in [3.8, 4) is 17.2 Å². The number of nitrogens with one attached hydrogen (secondary N) is 1. The van der Waals surface area contributed by atoms with E-state index in [1.807, 2.05) is 30.3 Å². The molecule has 0 radical (unpaired) electrons. The second kappa shape index (κ2) is 5.95. The predicted octanol–water partition coefficient (Wildman–Crippen LogP) is 3.73. The molecule has 110 valence electrons. The highest BCUT2D eigenvalue weighted by Gasteiger charge is 2.13. The Bertz CT molecular complexity index is 610. The van der Waals surface area contributed by atoms with Crippen molar-refractivity contribution in [3.05, 3.63) is 48.0 Å². The van der Waals surface area contributed by atoms with Crippen LogP contribution in [0.1, 0.15) is 24.9 Å². The van der Waals surface area contributed by atoms with Gasteiger partial charge in [0.2, 0.25) is 0 Å². The second-order valence-electron chi connectivity index (χ2n) is 5.17. The molecule has 0 saturated heterocycles. The summed E-state index contributed by atoms with van der Waals surface area (Å²) in [7, 11) is 0. The monoisotopic (exact) mass is 285 g/mol. The molecule has 2 aromatic rings. The molecule has 1 aliphatic heterocycles. The fourth-order valence-corrected chi connectivity index (χ4v) is 2.34. The van der Waals surface area contributed by atoms with Crippen LogP contribution in [0.5, 0.6) is 17.2 Å². The molecule has 0 saturated carbocycles. The first-order valence-electron chi connectivity index (χ1n) is 7.17. The number of anilines is 1. The van der Waals surface area contributed by atoms with E-state index in [0.717, 1.165) is 29.2 Å². The van der Waals surface area contributed by atoms with E-state index in [9.17, 15) is 5.11 Å². The van der Waals surface area contributed by atoms with E-state index in [1.165, 1.54) is 0 Å². The third-order valence-electron chi connectivity index (χ3n) is 3.52. The summed E-state index contributed by atoms with van der Waals surface area (Å²) in [6.07, 6.45) is 0.908. The van der Waals surface area contributed by atoms with Gasteiger partial charge in [-0.2, -0.15) is 0 Å². The molecule has 1 aliphatic rings. The molecule has 21 heavy (non-hydrogen) atoms. The Hall–Kier alpha value is -2.36. The molecule has 0 aliphatic carbocycles. The van der Waals surface area contributed by atoms with Crippen molar-refractivity contribution in [2.75, 3.05) is 18.5 Å². The van der Waals surface area contributed by atoms with Gasteiger partial charge in [0.25, 0.3) is 0 Å². The molecule has 3 rings (SSSR count). The summed E-state index contributed by atoms with van der Waals surface area (Å²) < 4.78 is 11.4. The smallest absolute Gasteiger partial charge is 0.161 e. The topological polar surface area (TPSA) is 50.7 Å². The molecule has 0 amide bonds. The lowest BCUT2D eigenvalue weighted by atomic mass is 10.1. The number of phenols is 1. The van der Waals surface area contributed by atoms with E-state index < -0.39 is 0 Å². The molecule has 4 nitrogen and oxygen atoms in total. The second-order valence-corrected chi connectivity index (χ2v) is 5.17. The van der Waals surface area contributed by atoms with E-state index in [2.05, 4.69) is 12.2 Å². The number of ether oxygens (including phenoxy) is 2. The van der Waals surface area contributed by atoms with Crippen molar-refractivity contribution in [2.24, 2.45) is 0 Å². The maximum atomic E-state index is 9.31. The number of benzene rings is 2.